The number of halogens is 3. The number of ether oxygens (including phenoxy) is 1. The molecule has 1 unspecified atom stereocenters. The highest BCUT2D eigenvalue weighted by atomic mass is 79.9. The van der Waals surface area contributed by atoms with Crippen LogP contribution in [0.1, 0.15) is 31.2 Å². The monoisotopic (exact) mass is 324 g/mol. The van der Waals surface area contributed by atoms with Crippen molar-refractivity contribution < 1.29 is 4.74 Å². The van der Waals surface area contributed by atoms with Gasteiger partial charge in [-0.3, -0.25) is 0 Å². The van der Waals surface area contributed by atoms with E-state index in [1.54, 1.807) is 6.07 Å². The Morgan fingerprint density at radius 1 is 1.25 bits per heavy atom. The average Bonchev–Trinajstić information content (AvgIpc) is 2.22. The van der Waals surface area contributed by atoms with Crippen LogP contribution >= 0.6 is 39.1 Å². The fraction of sp³-hybridized carbons (Fsp3) is 0.500. The van der Waals surface area contributed by atoms with E-state index in [-0.39, 0.29) is 4.83 Å². The largest absolute Gasteiger partial charge is 0.492 e. The van der Waals surface area contributed by atoms with E-state index in [0.29, 0.717) is 28.3 Å². The molecule has 0 spiro atoms. The van der Waals surface area contributed by atoms with E-state index in [2.05, 4.69) is 29.8 Å². The summed E-state index contributed by atoms with van der Waals surface area (Å²) in [5, 5.41) is 1.29. The van der Waals surface area contributed by atoms with Gasteiger partial charge in [-0.15, -0.1) is 0 Å². The third-order valence-corrected chi connectivity index (χ3v) is 4.41. The summed E-state index contributed by atoms with van der Waals surface area (Å²) < 4.78 is 5.38. The summed E-state index contributed by atoms with van der Waals surface area (Å²) in [5.41, 5.74) is 1.00. The van der Waals surface area contributed by atoms with E-state index in [0.717, 1.165) is 5.56 Å². The first kappa shape index (κ1) is 14.1. The van der Waals surface area contributed by atoms with Crippen LogP contribution in [0.3, 0.4) is 0 Å². The molecule has 0 aromatic heterocycles. The standard InChI is InChI=1S/C12H15BrCl2O/c1-4-16-11-6-9(14)8(5-10(11)15)12(13)7(2)3/h5-7,12H,4H2,1-3H3. The average molecular weight is 326 g/mol. The van der Waals surface area contributed by atoms with Gasteiger partial charge in [0.05, 0.1) is 11.6 Å². The van der Waals surface area contributed by atoms with Gasteiger partial charge < -0.3 is 4.74 Å². The predicted molar refractivity (Wildman–Crippen MR) is 74.1 cm³/mol. The number of benzene rings is 1. The first-order chi connectivity index (χ1) is 7.47. The molecular weight excluding hydrogens is 311 g/mol. The molecule has 0 fully saturated rings. The van der Waals surface area contributed by atoms with Gasteiger partial charge in [-0.05, 0) is 24.5 Å². The second kappa shape index (κ2) is 6.13. The van der Waals surface area contributed by atoms with Crippen LogP contribution in [-0.2, 0) is 0 Å². The molecule has 1 nitrogen and oxygen atoms in total. The zero-order chi connectivity index (χ0) is 12.3. The molecule has 0 heterocycles. The van der Waals surface area contributed by atoms with Gasteiger partial charge in [0.1, 0.15) is 5.75 Å². The van der Waals surface area contributed by atoms with Gasteiger partial charge in [-0.25, -0.2) is 0 Å². The van der Waals surface area contributed by atoms with E-state index in [1.165, 1.54) is 0 Å². The maximum atomic E-state index is 6.21. The van der Waals surface area contributed by atoms with Crippen molar-refractivity contribution in [2.24, 2.45) is 5.92 Å². The molecule has 0 bridgehead atoms. The van der Waals surface area contributed by atoms with Crippen LogP contribution < -0.4 is 4.74 Å². The lowest BCUT2D eigenvalue weighted by Gasteiger charge is -2.17. The van der Waals surface area contributed by atoms with Gasteiger partial charge in [-0.2, -0.15) is 0 Å². The predicted octanol–water partition coefficient (Wildman–Crippen LogP) is 5.48. The molecule has 1 aromatic rings. The number of hydrogen-bond acceptors (Lipinski definition) is 1. The number of hydrogen-bond donors (Lipinski definition) is 0. The number of rotatable bonds is 4. The summed E-state index contributed by atoms with van der Waals surface area (Å²) in [5.74, 6) is 1.09. The Bertz CT molecular complexity index is 366. The first-order valence-corrected chi connectivity index (χ1v) is 6.90. The van der Waals surface area contributed by atoms with Crippen LogP contribution in [0.15, 0.2) is 12.1 Å². The number of alkyl halides is 1. The normalized spacial score (nSPS) is 12.9. The van der Waals surface area contributed by atoms with Crippen molar-refractivity contribution in [2.75, 3.05) is 6.61 Å². The van der Waals surface area contributed by atoms with Gasteiger partial charge in [0.2, 0.25) is 0 Å². The van der Waals surface area contributed by atoms with Gasteiger partial charge in [0, 0.05) is 15.9 Å². The second-order valence-electron chi connectivity index (χ2n) is 3.88. The summed E-state index contributed by atoms with van der Waals surface area (Å²) >= 11 is 15.9. The Kier molecular flexibility index (Phi) is 5.42. The third kappa shape index (κ3) is 3.28. The van der Waals surface area contributed by atoms with Gasteiger partial charge in [0.15, 0.2) is 0 Å². The Morgan fingerprint density at radius 2 is 1.88 bits per heavy atom. The molecule has 16 heavy (non-hydrogen) atoms. The van der Waals surface area contributed by atoms with Gasteiger partial charge >= 0.3 is 0 Å². The molecule has 1 aromatic carbocycles. The van der Waals surface area contributed by atoms with E-state index in [9.17, 15) is 0 Å². The molecule has 90 valence electrons. The SMILES string of the molecule is CCOc1cc(Cl)c(C(Br)C(C)C)cc1Cl. The summed E-state index contributed by atoms with van der Waals surface area (Å²) in [6.07, 6.45) is 0. The Balaban J connectivity index is 3.10. The van der Waals surface area contributed by atoms with Crippen LogP contribution in [0.2, 0.25) is 10.0 Å². The minimum absolute atomic E-state index is 0.202. The van der Waals surface area contributed by atoms with Crippen LogP contribution in [0.5, 0.6) is 5.75 Å². The van der Waals surface area contributed by atoms with Crippen molar-refractivity contribution >= 4 is 39.1 Å². The van der Waals surface area contributed by atoms with Crippen molar-refractivity contribution in [3.8, 4) is 5.75 Å². The maximum absolute atomic E-state index is 6.21. The quantitative estimate of drug-likeness (QED) is 0.665. The molecule has 0 saturated heterocycles. The van der Waals surface area contributed by atoms with Crippen molar-refractivity contribution in [3.63, 3.8) is 0 Å². The zero-order valence-corrected chi connectivity index (χ0v) is 12.7. The summed E-state index contributed by atoms with van der Waals surface area (Å²) in [6, 6.07) is 3.65. The molecule has 0 radical (unpaired) electrons. The fourth-order valence-electron chi connectivity index (χ4n) is 1.38. The van der Waals surface area contributed by atoms with Crippen molar-refractivity contribution in [1.82, 2.24) is 0 Å². The Hall–Kier alpha value is 0.0800. The molecular formula is C12H15BrCl2O. The summed E-state index contributed by atoms with van der Waals surface area (Å²) in [6.45, 7) is 6.75. The highest BCUT2D eigenvalue weighted by Gasteiger charge is 2.17. The van der Waals surface area contributed by atoms with Crippen molar-refractivity contribution in [3.05, 3.63) is 27.7 Å². The van der Waals surface area contributed by atoms with Crippen LogP contribution in [-0.4, -0.2) is 6.61 Å². The van der Waals surface area contributed by atoms with Crippen LogP contribution in [0.25, 0.3) is 0 Å². The molecule has 0 aliphatic heterocycles. The second-order valence-corrected chi connectivity index (χ2v) is 5.68. The summed E-state index contributed by atoms with van der Waals surface area (Å²) in [7, 11) is 0. The minimum atomic E-state index is 0.202. The molecule has 0 N–H and O–H groups in total. The molecule has 1 atom stereocenters. The van der Waals surface area contributed by atoms with Crippen molar-refractivity contribution in [1.29, 1.82) is 0 Å². The molecule has 1 rings (SSSR count). The Morgan fingerprint density at radius 3 is 2.38 bits per heavy atom. The minimum Gasteiger partial charge on any atom is -0.492 e. The lowest BCUT2D eigenvalue weighted by molar-refractivity contribution is 0.340. The van der Waals surface area contributed by atoms with Crippen LogP contribution in [0.4, 0.5) is 0 Å². The lowest BCUT2D eigenvalue weighted by Crippen LogP contribution is -2.01. The third-order valence-electron chi connectivity index (χ3n) is 2.23. The first-order valence-electron chi connectivity index (χ1n) is 5.23. The topological polar surface area (TPSA) is 9.23 Å². The van der Waals surface area contributed by atoms with Crippen molar-refractivity contribution in [2.45, 2.75) is 25.6 Å². The highest BCUT2D eigenvalue weighted by Crippen LogP contribution is 2.40. The van der Waals surface area contributed by atoms with E-state index < -0.39 is 0 Å². The van der Waals surface area contributed by atoms with E-state index >= 15 is 0 Å². The van der Waals surface area contributed by atoms with Gasteiger partial charge in [-0.1, -0.05) is 53.0 Å². The van der Waals surface area contributed by atoms with E-state index in [4.69, 9.17) is 27.9 Å². The molecule has 4 heteroatoms. The summed E-state index contributed by atoms with van der Waals surface area (Å²) in [4.78, 5) is 0.202. The molecule has 0 aliphatic rings. The highest BCUT2D eigenvalue weighted by molar-refractivity contribution is 9.09. The zero-order valence-electron chi connectivity index (χ0n) is 9.56. The molecule has 0 saturated carbocycles. The Labute approximate surface area is 115 Å². The smallest absolute Gasteiger partial charge is 0.139 e. The molecule has 0 aliphatic carbocycles. The van der Waals surface area contributed by atoms with Crippen LogP contribution in [0, 0.1) is 5.92 Å². The van der Waals surface area contributed by atoms with Gasteiger partial charge in [0.25, 0.3) is 0 Å². The fourth-order valence-corrected chi connectivity index (χ4v) is 2.39. The van der Waals surface area contributed by atoms with E-state index in [1.807, 2.05) is 13.0 Å². The maximum Gasteiger partial charge on any atom is 0.139 e. The lowest BCUT2D eigenvalue weighted by atomic mass is 10.0. The molecule has 0 amide bonds.